The smallest absolute Gasteiger partial charge is 0.272 e. The molecule has 1 aliphatic rings. The van der Waals surface area contributed by atoms with E-state index in [1.165, 1.54) is 6.20 Å². The Morgan fingerprint density at radius 2 is 2.53 bits per heavy atom. The van der Waals surface area contributed by atoms with Crippen molar-refractivity contribution in [1.29, 1.82) is 0 Å². The maximum Gasteiger partial charge on any atom is 0.272 e. The molecule has 2 heterocycles. The van der Waals surface area contributed by atoms with Crippen LogP contribution in [0, 0.1) is 0 Å². The van der Waals surface area contributed by atoms with E-state index < -0.39 is 0 Å². The van der Waals surface area contributed by atoms with Crippen LogP contribution in [0.15, 0.2) is 6.20 Å². The molecule has 15 heavy (non-hydrogen) atoms. The average molecular weight is 249 g/mol. The SMILES string of the molecule is Cl.O=C(N[C@H]1CCCNC1)c1cnsn1. The number of carbonyl (C=O) groups is 1. The van der Waals surface area contributed by atoms with Crippen molar-refractivity contribution in [2.75, 3.05) is 13.1 Å². The summed E-state index contributed by atoms with van der Waals surface area (Å²) in [5.74, 6) is -0.118. The van der Waals surface area contributed by atoms with Gasteiger partial charge >= 0.3 is 0 Å². The van der Waals surface area contributed by atoms with E-state index in [0.29, 0.717) is 5.69 Å². The van der Waals surface area contributed by atoms with E-state index in [9.17, 15) is 4.79 Å². The summed E-state index contributed by atoms with van der Waals surface area (Å²) in [6.07, 6.45) is 3.65. The minimum atomic E-state index is -0.118. The number of hydrogen-bond acceptors (Lipinski definition) is 5. The largest absolute Gasteiger partial charge is 0.347 e. The minimum absolute atomic E-state index is 0. The van der Waals surface area contributed by atoms with Crippen LogP contribution in [-0.2, 0) is 0 Å². The van der Waals surface area contributed by atoms with Gasteiger partial charge in [-0.2, -0.15) is 8.75 Å². The molecule has 0 unspecified atom stereocenters. The summed E-state index contributed by atoms with van der Waals surface area (Å²) in [5, 5.41) is 6.16. The summed E-state index contributed by atoms with van der Waals surface area (Å²) < 4.78 is 7.67. The van der Waals surface area contributed by atoms with E-state index in [0.717, 1.165) is 37.7 Å². The number of rotatable bonds is 2. The highest BCUT2D eigenvalue weighted by Crippen LogP contribution is 2.03. The zero-order valence-electron chi connectivity index (χ0n) is 8.10. The van der Waals surface area contributed by atoms with Gasteiger partial charge in [0.1, 0.15) is 0 Å². The third-order valence-corrected chi connectivity index (χ3v) is 2.70. The van der Waals surface area contributed by atoms with Crippen LogP contribution < -0.4 is 10.6 Å². The van der Waals surface area contributed by atoms with Gasteiger partial charge in [-0.1, -0.05) is 0 Å². The van der Waals surface area contributed by atoms with E-state index in [1.807, 2.05) is 0 Å². The van der Waals surface area contributed by atoms with Crippen LogP contribution in [0.3, 0.4) is 0 Å². The van der Waals surface area contributed by atoms with E-state index in [4.69, 9.17) is 0 Å². The van der Waals surface area contributed by atoms with Gasteiger partial charge in [-0.15, -0.1) is 12.4 Å². The number of hydrogen-bond donors (Lipinski definition) is 2. The van der Waals surface area contributed by atoms with Gasteiger partial charge in [0.2, 0.25) is 0 Å². The van der Waals surface area contributed by atoms with Crippen LogP contribution in [0.1, 0.15) is 23.3 Å². The molecule has 5 nitrogen and oxygen atoms in total. The first-order valence-corrected chi connectivity index (χ1v) is 5.38. The molecular formula is C8H13ClN4OS. The highest BCUT2D eigenvalue weighted by Gasteiger charge is 2.17. The molecule has 0 bridgehead atoms. The average Bonchev–Trinajstić information content (AvgIpc) is 2.72. The molecule has 0 aliphatic carbocycles. The van der Waals surface area contributed by atoms with E-state index >= 15 is 0 Å². The third kappa shape index (κ3) is 3.40. The van der Waals surface area contributed by atoms with Crippen molar-refractivity contribution < 1.29 is 4.79 Å². The van der Waals surface area contributed by atoms with Crippen molar-refractivity contribution >= 4 is 30.0 Å². The molecule has 1 aliphatic heterocycles. The molecule has 1 aromatic heterocycles. The van der Waals surface area contributed by atoms with Gasteiger partial charge in [0, 0.05) is 12.6 Å². The predicted octanol–water partition coefficient (Wildman–Crippen LogP) is 0.442. The topological polar surface area (TPSA) is 66.9 Å². The summed E-state index contributed by atoms with van der Waals surface area (Å²) >= 11 is 1.05. The van der Waals surface area contributed by atoms with Gasteiger partial charge in [0.15, 0.2) is 5.69 Å². The van der Waals surface area contributed by atoms with E-state index in [2.05, 4.69) is 19.4 Å². The Morgan fingerprint density at radius 1 is 1.67 bits per heavy atom. The lowest BCUT2D eigenvalue weighted by Gasteiger charge is -2.23. The van der Waals surface area contributed by atoms with E-state index in [1.54, 1.807) is 0 Å². The Morgan fingerprint density at radius 3 is 3.13 bits per heavy atom. The number of halogens is 1. The zero-order valence-corrected chi connectivity index (χ0v) is 9.74. The van der Waals surface area contributed by atoms with Crippen molar-refractivity contribution in [3.05, 3.63) is 11.9 Å². The Balaban J connectivity index is 0.00000112. The Kier molecular flexibility index (Phi) is 4.93. The fourth-order valence-electron chi connectivity index (χ4n) is 1.50. The maximum atomic E-state index is 11.5. The molecule has 1 atom stereocenters. The zero-order chi connectivity index (χ0) is 9.80. The van der Waals surface area contributed by atoms with Crippen LogP contribution in [-0.4, -0.2) is 33.8 Å². The van der Waals surface area contributed by atoms with Gasteiger partial charge in [-0.3, -0.25) is 4.79 Å². The number of piperidine rings is 1. The first kappa shape index (κ1) is 12.4. The van der Waals surface area contributed by atoms with Crippen molar-refractivity contribution in [3.63, 3.8) is 0 Å². The normalized spacial score (nSPS) is 20.4. The molecule has 1 fully saturated rings. The standard InChI is InChI=1S/C8H12N4OS.ClH/c13-8(7-5-10-14-12-7)11-6-2-1-3-9-4-6;/h5-6,9H,1-4H2,(H,11,13);1H/t6-;/m0./s1. The number of amides is 1. The molecule has 2 N–H and O–H groups in total. The van der Waals surface area contributed by atoms with Gasteiger partial charge in [-0.05, 0) is 19.4 Å². The highest BCUT2D eigenvalue weighted by atomic mass is 35.5. The molecule has 0 spiro atoms. The molecular weight excluding hydrogens is 236 g/mol. The second kappa shape index (κ2) is 5.99. The maximum absolute atomic E-state index is 11.5. The molecule has 1 aromatic rings. The van der Waals surface area contributed by atoms with Gasteiger partial charge in [0.05, 0.1) is 17.9 Å². The Labute approximate surface area is 98.4 Å². The second-order valence-electron chi connectivity index (χ2n) is 3.31. The summed E-state index contributed by atoms with van der Waals surface area (Å²) in [7, 11) is 0. The lowest BCUT2D eigenvalue weighted by atomic mass is 10.1. The van der Waals surface area contributed by atoms with Crippen LogP contribution in [0.2, 0.25) is 0 Å². The summed E-state index contributed by atoms with van der Waals surface area (Å²) in [6.45, 7) is 1.90. The van der Waals surface area contributed by atoms with Crippen molar-refractivity contribution in [3.8, 4) is 0 Å². The molecule has 1 amide bonds. The van der Waals surface area contributed by atoms with Crippen LogP contribution in [0.5, 0.6) is 0 Å². The lowest BCUT2D eigenvalue weighted by Crippen LogP contribution is -2.45. The summed E-state index contributed by atoms with van der Waals surface area (Å²) in [5.41, 5.74) is 0.417. The fraction of sp³-hybridized carbons (Fsp3) is 0.625. The van der Waals surface area contributed by atoms with E-state index in [-0.39, 0.29) is 24.4 Å². The molecule has 2 rings (SSSR count). The summed E-state index contributed by atoms with van der Waals surface area (Å²) in [6, 6.07) is 0.234. The number of aromatic nitrogens is 2. The van der Waals surface area contributed by atoms with Crippen molar-refractivity contribution in [2.24, 2.45) is 0 Å². The lowest BCUT2D eigenvalue weighted by molar-refractivity contribution is 0.0926. The highest BCUT2D eigenvalue weighted by molar-refractivity contribution is 6.99. The fourth-order valence-corrected chi connectivity index (χ4v) is 1.91. The van der Waals surface area contributed by atoms with Gasteiger partial charge in [-0.25, -0.2) is 0 Å². The molecule has 0 radical (unpaired) electrons. The molecule has 7 heteroatoms. The van der Waals surface area contributed by atoms with Crippen molar-refractivity contribution in [1.82, 2.24) is 19.4 Å². The number of nitrogens with one attached hydrogen (secondary N) is 2. The monoisotopic (exact) mass is 248 g/mol. The van der Waals surface area contributed by atoms with Crippen molar-refractivity contribution in [2.45, 2.75) is 18.9 Å². The minimum Gasteiger partial charge on any atom is -0.347 e. The number of nitrogens with zero attached hydrogens (tertiary/aromatic N) is 2. The quantitative estimate of drug-likeness (QED) is 0.797. The van der Waals surface area contributed by atoms with Crippen LogP contribution in [0.25, 0.3) is 0 Å². The molecule has 0 saturated carbocycles. The predicted molar refractivity (Wildman–Crippen MR) is 60.5 cm³/mol. The number of carbonyl (C=O) groups excluding carboxylic acids is 1. The van der Waals surface area contributed by atoms with Gasteiger partial charge in [0.25, 0.3) is 5.91 Å². The van der Waals surface area contributed by atoms with Gasteiger partial charge < -0.3 is 10.6 Å². The molecule has 0 aromatic carbocycles. The second-order valence-corrected chi connectivity index (χ2v) is 3.87. The Bertz CT molecular complexity index is 300. The molecule has 1 saturated heterocycles. The Hall–Kier alpha value is -0.720. The summed E-state index contributed by atoms with van der Waals surface area (Å²) in [4.78, 5) is 11.5. The van der Waals surface area contributed by atoms with Crippen LogP contribution in [0.4, 0.5) is 0 Å². The molecule has 84 valence electrons. The first-order valence-electron chi connectivity index (χ1n) is 4.65. The first-order chi connectivity index (χ1) is 6.86. The third-order valence-electron chi connectivity index (χ3n) is 2.23. The van der Waals surface area contributed by atoms with Crippen LogP contribution >= 0.6 is 24.1 Å².